The van der Waals surface area contributed by atoms with Crippen LogP contribution < -0.4 is 5.32 Å². The van der Waals surface area contributed by atoms with E-state index in [0.29, 0.717) is 13.0 Å². The van der Waals surface area contributed by atoms with Gasteiger partial charge in [0.1, 0.15) is 0 Å². The van der Waals surface area contributed by atoms with Gasteiger partial charge in [-0.2, -0.15) is 0 Å². The van der Waals surface area contributed by atoms with Crippen molar-refractivity contribution in [3.63, 3.8) is 0 Å². The van der Waals surface area contributed by atoms with Crippen LogP contribution in [-0.4, -0.2) is 22.7 Å². The van der Waals surface area contributed by atoms with E-state index in [9.17, 15) is 15.2 Å². The maximum Gasteiger partial charge on any atom is 0.269 e. The Morgan fingerprint density at radius 3 is 2.48 bits per heavy atom. The summed E-state index contributed by atoms with van der Waals surface area (Å²) in [5.41, 5.74) is 2.05. The van der Waals surface area contributed by atoms with Gasteiger partial charge in [0.05, 0.1) is 11.5 Å². The Labute approximate surface area is 123 Å². The maximum absolute atomic E-state index is 10.7. The normalized spacial score (nSPS) is 12.0. The van der Waals surface area contributed by atoms with Crippen LogP contribution in [0.25, 0.3) is 0 Å². The van der Waals surface area contributed by atoms with E-state index in [1.807, 2.05) is 36.4 Å². The summed E-state index contributed by atoms with van der Waals surface area (Å²) >= 11 is 0. The van der Waals surface area contributed by atoms with E-state index in [0.717, 1.165) is 11.1 Å². The van der Waals surface area contributed by atoms with E-state index >= 15 is 0 Å². The molecular weight excluding hydrogens is 268 g/mol. The first-order chi connectivity index (χ1) is 10.2. The highest BCUT2D eigenvalue weighted by molar-refractivity contribution is 5.34. The predicted octanol–water partition coefficient (Wildman–Crippen LogP) is 2.29. The first kappa shape index (κ1) is 15.2. The molecule has 0 radical (unpaired) electrons. The van der Waals surface area contributed by atoms with Crippen molar-refractivity contribution in [2.24, 2.45) is 0 Å². The molecule has 0 amide bonds. The Hall–Kier alpha value is -2.24. The monoisotopic (exact) mass is 286 g/mol. The Kier molecular flexibility index (Phi) is 5.43. The van der Waals surface area contributed by atoms with Gasteiger partial charge in [0, 0.05) is 24.7 Å². The summed E-state index contributed by atoms with van der Waals surface area (Å²) in [6.45, 7) is 0.504. The molecule has 0 saturated heterocycles. The fourth-order valence-electron chi connectivity index (χ4n) is 2.14. The zero-order valence-electron chi connectivity index (χ0n) is 11.6. The topological polar surface area (TPSA) is 75.4 Å². The van der Waals surface area contributed by atoms with Crippen molar-refractivity contribution in [1.82, 2.24) is 5.32 Å². The lowest BCUT2D eigenvalue weighted by atomic mass is 10.1. The largest absolute Gasteiger partial charge is 0.395 e. The van der Waals surface area contributed by atoms with E-state index in [1.54, 1.807) is 12.1 Å². The minimum Gasteiger partial charge on any atom is -0.395 e. The standard InChI is InChI=1S/C16H18N2O3/c19-12-15(9-13-5-2-1-3-6-13)17-11-14-7-4-8-16(10-14)18(20)21/h1-8,10,15,17,19H,9,11-12H2. The van der Waals surface area contributed by atoms with E-state index < -0.39 is 4.92 Å². The molecule has 0 fully saturated rings. The van der Waals surface area contributed by atoms with Crippen LogP contribution in [0.1, 0.15) is 11.1 Å². The van der Waals surface area contributed by atoms with Crippen LogP contribution in [0.2, 0.25) is 0 Å². The molecule has 21 heavy (non-hydrogen) atoms. The van der Waals surface area contributed by atoms with Crippen LogP contribution in [0.4, 0.5) is 5.69 Å². The molecule has 2 aromatic rings. The third-order valence-corrected chi connectivity index (χ3v) is 3.26. The fraction of sp³-hybridized carbons (Fsp3) is 0.250. The molecule has 0 heterocycles. The molecule has 2 aromatic carbocycles. The molecule has 2 N–H and O–H groups in total. The second-order valence-corrected chi connectivity index (χ2v) is 4.88. The average Bonchev–Trinajstić information content (AvgIpc) is 2.52. The van der Waals surface area contributed by atoms with Gasteiger partial charge < -0.3 is 10.4 Å². The van der Waals surface area contributed by atoms with Crippen LogP contribution in [0.5, 0.6) is 0 Å². The molecule has 1 atom stereocenters. The molecule has 0 aliphatic carbocycles. The second kappa shape index (κ2) is 7.52. The number of hydrogen-bond donors (Lipinski definition) is 2. The highest BCUT2D eigenvalue weighted by atomic mass is 16.6. The number of nitro groups is 1. The minimum absolute atomic E-state index is 0.0177. The number of rotatable bonds is 7. The lowest BCUT2D eigenvalue weighted by Crippen LogP contribution is -2.34. The molecule has 0 aromatic heterocycles. The Morgan fingerprint density at radius 1 is 1.10 bits per heavy atom. The van der Waals surface area contributed by atoms with Crippen molar-refractivity contribution in [3.8, 4) is 0 Å². The fourth-order valence-corrected chi connectivity index (χ4v) is 2.14. The van der Waals surface area contributed by atoms with Gasteiger partial charge in [-0.1, -0.05) is 42.5 Å². The number of aliphatic hydroxyl groups is 1. The predicted molar refractivity (Wildman–Crippen MR) is 81.0 cm³/mol. The molecule has 2 rings (SSSR count). The van der Waals surface area contributed by atoms with Crippen LogP contribution in [0.3, 0.4) is 0 Å². The Bertz CT molecular complexity index is 587. The van der Waals surface area contributed by atoms with E-state index in [-0.39, 0.29) is 18.3 Å². The lowest BCUT2D eigenvalue weighted by Gasteiger charge is -2.16. The molecule has 0 bridgehead atoms. The van der Waals surface area contributed by atoms with Crippen LogP contribution in [0.15, 0.2) is 54.6 Å². The van der Waals surface area contributed by atoms with Crippen molar-refractivity contribution in [1.29, 1.82) is 0 Å². The van der Waals surface area contributed by atoms with Crippen molar-refractivity contribution in [2.45, 2.75) is 19.0 Å². The Balaban J connectivity index is 1.94. The third kappa shape index (κ3) is 4.66. The average molecular weight is 286 g/mol. The first-order valence-electron chi connectivity index (χ1n) is 6.80. The van der Waals surface area contributed by atoms with Crippen LogP contribution in [-0.2, 0) is 13.0 Å². The maximum atomic E-state index is 10.7. The number of hydrogen-bond acceptors (Lipinski definition) is 4. The summed E-state index contributed by atoms with van der Waals surface area (Å²) in [5.74, 6) is 0. The van der Waals surface area contributed by atoms with Gasteiger partial charge >= 0.3 is 0 Å². The molecule has 5 heteroatoms. The molecule has 110 valence electrons. The summed E-state index contributed by atoms with van der Waals surface area (Å²) in [5, 5.41) is 23.4. The number of benzene rings is 2. The second-order valence-electron chi connectivity index (χ2n) is 4.88. The number of nitro benzene ring substituents is 1. The van der Waals surface area contributed by atoms with Crippen molar-refractivity contribution < 1.29 is 10.0 Å². The SMILES string of the molecule is O=[N+]([O-])c1cccc(CNC(CO)Cc2ccccc2)c1. The van der Waals surface area contributed by atoms with Crippen molar-refractivity contribution in [3.05, 3.63) is 75.8 Å². The number of aliphatic hydroxyl groups excluding tert-OH is 1. The molecular formula is C16H18N2O3. The number of nitrogens with one attached hydrogen (secondary N) is 1. The van der Waals surface area contributed by atoms with Gasteiger partial charge in [-0.25, -0.2) is 0 Å². The summed E-state index contributed by atoms with van der Waals surface area (Å²) in [7, 11) is 0. The molecule has 0 saturated carbocycles. The van der Waals surface area contributed by atoms with E-state index in [2.05, 4.69) is 5.32 Å². The van der Waals surface area contributed by atoms with Crippen molar-refractivity contribution >= 4 is 5.69 Å². The van der Waals surface area contributed by atoms with Gasteiger partial charge in [0.15, 0.2) is 0 Å². The minimum atomic E-state index is -0.406. The quantitative estimate of drug-likeness (QED) is 0.605. The first-order valence-corrected chi connectivity index (χ1v) is 6.80. The molecule has 0 spiro atoms. The highest BCUT2D eigenvalue weighted by Gasteiger charge is 2.10. The van der Waals surface area contributed by atoms with Gasteiger partial charge in [-0.05, 0) is 17.5 Å². The van der Waals surface area contributed by atoms with Gasteiger partial charge in [-0.15, -0.1) is 0 Å². The summed E-state index contributed by atoms with van der Waals surface area (Å²) in [6.07, 6.45) is 0.715. The zero-order valence-corrected chi connectivity index (χ0v) is 11.6. The van der Waals surface area contributed by atoms with E-state index in [1.165, 1.54) is 6.07 Å². The lowest BCUT2D eigenvalue weighted by molar-refractivity contribution is -0.384. The summed E-state index contributed by atoms with van der Waals surface area (Å²) in [4.78, 5) is 10.3. The van der Waals surface area contributed by atoms with Crippen molar-refractivity contribution in [2.75, 3.05) is 6.61 Å². The highest BCUT2D eigenvalue weighted by Crippen LogP contribution is 2.13. The smallest absolute Gasteiger partial charge is 0.269 e. The molecule has 0 aliphatic rings. The van der Waals surface area contributed by atoms with Gasteiger partial charge in [0.2, 0.25) is 0 Å². The van der Waals surface area contributed by atoms with Gasteiger partial charge in [0.25, 0.3) is 5.69 Å². The van der Waals surface area contributed by atoms with Gasteiger partial charge in [-0.3, -0.25) is 10.1 Å². The summed E-state index contributed by atoms with van der Waals surface area (Å²) < 4.78 is 0. The summed E-state index contributed by atoms with van der Waals surface area (Å²) in [6, 6.07) is 16.3. The van der Waals surface area contributed by atoms with Crippen LogP contribution >= 0.6 is 0 Å². The molecule has 1 unspecified atom stereocenters. The van der Waals surface area contributed by atoms with E-state index in [4.69, 9.17) is 0 Å². The van der Waals surface area contributed by atoms with Crippen LogP contribution in [0, 0.1) is 10.1 Å². The molecule has 0 aliphatic heterocycles. The third-order valence-electron chi connectivity index (χ3n) is 3.26. The number of non-ortho nitro benzene ring substituents is 1. The number of nitrogens with zero attached hydrogens (tertiary/aromatic N) is 1. The Morgan fingerprint density at radius 2 is 1.81 bits per heavy atom. The zero-order chi connectivity index (χ0) is 15.1. The molecule has 5 nitrogen and oxygen atoms in total.